The Morgan fingerprint density at radius 2 is 1.95 bits per heavy atom. The summed E-state index contributed by atoms with van der Waals surface area (Å²) in [5.74, 6) is 1.06. The number of hydrogen-bond acceptors (Lipinski definition) is 3. The van der Waals surface area contributed by atoms with Crippen LogP contribution >= 0.6 is 0 Å². The first-order chi connectivity index (χ1) is 9.58. The molecule has 0 aliphatic rings. The van der Waals surface area contributed by atoms with Crippen LogP contribution in [0.15, 0.2) is 42.7 Å². The van der Waals surface area contributed by atoms with Crippen molar-refractivity contribution in [3.05, 3.63) is 54.1 Å². The highest BCUT2D eigenvalue weighted by Gasteiger charge is 2.18. The fourth-order valence-corrected chi connectivity index (χ4v) is 2.48. The lowest BCUT2D eigenvalue weighted by Crippen LogP contribution is -2.33. The summed E-state index contributed by atoms with van der Waals surface area (Å²) < 4.78 is 2.06. The molecule has 0 aliphatic carbocycles. The van der Waals surface area contributed by atoms with E-state index in [-0.39, 0.29) is 12.1 Å². The van der Waals surface area contributed by atoms with Crippen LogP contribution in [0, 0.1) is 0 Å². The first kappa shape index (κ1) is 14.8. The zero-order valence-corrected chi connectivity index (χ0v) is 12.7. The molecular formula is C16H24N4. The quantitative estimate of drug-likeness (QED) is 0.876. The third-order valence-electron chi connectivity index (χ3n) is 3.45. The number of nitrogens with one attached hydrogen (secondary N) is 1. The highest BCUT2D eigenvalue weighted by Crippen LogP contribution is 2.19. The Morgan fingerprint density at radius 1 is 1.25 bits per heavy atom. The van der Waals surface area contributed by atoms with E-state index in [1.54, 1.807) is 0 Å². The molecule has 0 bridgehead atoms. The minimum absolute atomic E-state index is 0.208. The molecule has 1 N–H and O–H groups in total. The summed E-state index contributed by atoms with van der Waals surface area (Å²) in [6, 6.07) is 11.1. The van der Waals surface area contributed by atoms with Gasteiger partial charge in [0.1, 0.15) is 5.82 Å². The van der Waals surface area contributed by atoms with Crippen molar-refractivity contribution in [2.24, 2.45) is 7.05 Å². The largest absolute Gasteiger partial charge is 0.337 e. The van der Waals surface area contributed by atoms with Crippen molar-refractivity contribution < 1.29 is 0 Å². The first-order valence-electron chi connectivity index (χ1n) is 7.01. The maximum atomic E-state index is 4.43. The van der Waals surface area contributed by atoms with E-state index in [1.807, 2.05) is 19.4 Å². The van der Waals surface area contributed by atoms with Crippen molar-refractivity contribution in [3.8, 4) is 0 Å². The zero-order chi connectivity index (χ0) is 14.5. The normalized spacial score (nSPS) is 14.4. The van der Waals surface area contributed by atoms with Gasteiger partial charge in [-0.05, 0) is 26.6 Å². The van der Waals surface area contributed by atoms with E-state index in [0.717, 1.165) is 12.4 Å². The minimum Gasteiger partial charge on any atom is -0.337 e. The van der Waals surface area contributed by atoms with Gasteiger partial charge in [0.05, 0.1) is 6.04 Å². The van der Waals surface area contributed by atoms with Crippen molar-refractivity contribution in [2.75, 3.05) is 20.6 Å². The molecule has 20 heavy (non-hydrogen) atoms. The molecule has 4 nitrogen and oxygen atoms in total. The number of hydrogen-bond donors (Lipinski definition) is 1. The van der Waals surface area contributed by atoms with Gasteiger partial charge in [0.2, 0.25) is 0 Å². The molecule has 2 unspecified atom stereocenters. The van der Waals surface area contributed by atoms with Crippen molar-refractivity contribution >= 4 is 0 Å². The number of rotatable bonds is 6. The lowest BCUT2D eigenvalue weighted by Gasteiger charge is -2.26. The van der Waals surface area contributed by atoms with Crippen LogP contribution in [0.25, 0.3) is 0 Å². The average molecular weight is 272 g/mol. The molecule has 1 heterocycles. The molecular weight excluding hydrogens is 248 g/mol. The molecule has 108 valence electrons. The van der Waals surface area contributed by atoms with Crippen molar-refractivity contribution in [1.82, 2.24) is 19.8 Å². The second kappa shape index (κ2) is 6.68. The Labute approximate surface area is 121 Å². The molecule has 0 saturated carbocycles. The van der Waals surface area contributed by atoms with Crippen molar-refractivity contribution in [1.29, 1.82) is 0 Å². The molecule has 1 aromatic heterocycles. The molecule has 0 aliphatic heterocycles. The smallest absolute Gasteiger partial charge is 0.125 e. The maximum absolute atomic E-state index is 4.43. The summed E-state index contributed by atoms with van der Waals surface area (Å²) in [5.41, 5.74) is 1.31. The third kappa shape index (κ3) is 3.68. The second-order valence-corrected chi connectivity index (χ2v) is 5.51. The number of aryl methyl sites for hydroxylation is 1. The molecule has 4 heteroatoms. The van der Waals surface area contributed by atoms with Gasteiger partial charge in [-0.1, -0.05) is 30.3 Å². The highest BCUT2D eigenvalue weighted by atomic mass is 15.1. The highest BCUT2D eigenvalue weighted by molar-refractivity contribution is 5.19. The number of benzene rings is 1. The van der Waals surface area contributed by atoms with Crippen LogP contribution < -0.4 is 5.32 Å². The summed E-state index contributed by atoms with van der Waals surface area (Å²) in [6.45, 7) is 3.12. The monoisotopic (exact) mass is 272 g/mol. The van der Waals surface area contributed by atoms with Crippen LogP contribution in [-0.4, -0.2) is 35.1 Å². The topological polar surface area (TPSA) is 33.1 Å². The molecule has 2 rings (SSSR count). The lowest BCUT2D eigenvalue weighted by atomic mass is 10.1. The van der Waals surface area contributed by atoms with Crippen molar-refractivity contribution in [2.45, 2.75) is 19.0 Å². The number of imidazole rings is 1. The minimum atomic E-state index is 0.208. The molecule has 0 amide bonds. The van der Waals surface area contributed by atoms with Crippen LogP contribution in [0.5, 0.6) is 0 Å². The van der Waals surface area contributed by atoms with E-state index < -0.39 is 0 Å². The van der Waals surface area contributed by atoms with Crippen LogP contribution in [-0.2, 0) is 7.05 Å². The van der Waals surface area contributed by atoms with Gasteiger partial charge < -0.3 is 9.47 Å². The van der Waals surface area contributed by atoms with Crippen molar-refractivity contribution in [3.63, 3.8) is 0 Å². The molecule has 2 atom stereocenters. The summed E-state index contributed by atoms with van der Waals surface area (Å²) in [4.78, 5) is 6.63. The molecule has 0 fully saturated rings. The Bertz CT molecular complexity index is 518. The molecule has 0 spiro atoms. The van der Waals surface area contributed by atoms with Crippen LogP contribution in [0.3, 0.4) is 0 Å². The Balaban J connectivity index is 2.14. The summed E-state index contributed by atoms with van der Waals surface area (Å²) >= 11 is 0. The lowest BCUT2D eigenvalue weighted by molar-refractivity contribution is 0.321. The van der Waals surface area contributed by atoms with E-state index >= 15 is 0 Å². The SMILES string of the molecule is CC(NC(CN(C)C)c1ccccc1)c1nccn1C. The number of aromatic nitrogens is 2. The summed E-state index contributed by atoms with van der Waals surface area (Å²) in [6.07, 6.45) is 3.83. The van der Waals surface area contributed by atoms with E-state index in [9.17, 15) is 0 Å². The number of likely N-dealkylation sites (N-methyl/N-ethyl adjacent to an activating group) is 1. The standard InChI is InChI=1S/C16H24N4/c1-13(16-17-10-11-20(16)4)18-15(12-19(2)3)14-8-6-5-7-9-14/h5-11,13,15,18H,12H2,1-4H3. The van der Waals surface area contributed by atoms with E-state index in [2.05, 4.69) is 71.1 Å². The molecule has 0 saturated heterocycles. The molecule has 1 aromatic carbocycles. The molecule has 2 aromatic rings. The third-order valence-corrected chi connectivity index (χ3v) is 3.45. The second-order valence-electron chi connectivity index (χ2n) is 5.51. The predicted molar refractivity (Wildman–Crippen MR) is 82.5 cm³/mol. The Hall–Kier alpha value is -1.65. The maximum Gasteiger partial charge on any atom is 0.125 e. The average Bonchev–Trinajstić information content (AvgIpc) is 2.85. The van der Waals surface area contributed by atoms with Crippen LogP contribution in [0.4, 0.5) is 0 Å². The Morgan fingerprint density at radius 3 is 2.50 bits per heavy atom. The fraction of sp³-hybridized carbons (Fsp3) is 0.438. The van der Waals surface area contributed by atoms with E-state index in [0.29, 0.717) is 0 Å². The van der Waals surface area contributed by atoms with Gasteiger partial charge in [-0.2, -0.15) is 0 Å². The zero-order valence-electron chi connectivity index (χ0n) is 12.7. The van der Waals surface area contributed by atoms with Gasteiger partial charge in [-0.3, -0.25) is 5.32 Å². The Kier molecular flexibility index (Phi) is 4.93. The van der Waals surface area contributed by atoms with E-state index in [1.165, 1.54) is 5.56 Å². The summed E-state index contributed by atoms with van der Waals surface area (Å²) in [7, 11) is 6.23. The molecule has 0 radical (unpaired) electrons. The van der Waals surface area contributed by atoms with Gasteiger partial charge >= 0.3 is 0 Å². The van der Waals surface area contributed by atoms with E-state index in [4.69, 9.17) is 0 Å². The van der Waals surface area contributed by atoms with Gasteiger partial charge in [0.25, 0.3) is 0 Å². The van der Waals surface area contributed by atoms with Gasteiger partial charge in [-0.25, -0.2) is 4.98 Å². The van der Waals surface area contributed by atoms with Gasteiger partial charge in [-0.15, -0.1) is 0 Å². The van der Waals surface area contributed by atoms with Crippen LogP contribution in [0.2, 0.25) is 0 Å². The van der Waals surface area contributed by atoms with Gasteiger partial charge in [0.15, 0.2) is 0 Å². The van der Waals surface area contributed by atoms with Crippen LogP contribution in [0.1, 0.15) is 30.4 Å². The first-order valence-corrected chi connectivity index (χ1v) is 7.01. The number of nitrogens with zero attached hydrogens (tertiary/aromatic N) is 3. The van der Waals surface area contributed by atoms with Gasteiger partial charge in [0, 0.05) is 32.0 Å². The predicted octanol–water partition coefficient (Wildman–Crippen LogP) is 2.37. The fourth-order valence-electron chi connectivity index (χ4n) is 2.48. The summed E-state index contributed by atoms with van der Waals surface area (Å²) in [5, 5.41) is 3.68.